The van der Waals surface area contributed by atoms with Crippen LogP contribution in [0.4, 0.5) is 10.1 Å². The molecule has 6 nitrogen and oxygen atoms in total. The number of halogens is 1. The molecule has 1 amide bonds. The Kier molecular flexibility index (Phi) is 4.35. The van der Waals surface area contributed by atoms with Crippen LogP contribution in [0.25, 0.3) is 0 Å². The molecule has 0 saturated heterocycles. The quantitative estimate of drug-likeness (QED) is 0.763. The fourth-order valence-electron chi connectivity index (χ4n) is 2.91. The van der Waals surface area contributed by atoms with E-state index >= 15 is 0 Å². The first-order chi connectivity index (χ1) is 12.7. The fourth-order valence-corrected chi connectivity index (χ4v) is 2.91. The molecule has 0 radical (unpaired) electrons. The highest BCUT2D eigenvalue weighted by atomic mass is 19.1. The number of hydrogen-bond acceptors (Lipinski definition) is 5. The van der Waals surface area contributed by atoms with Crippen LogP contribution in [0.1, 0.15) is 34.7 Å². The van der Waals surface area contributed by atoms with Crippen LogP contribution in [0, 0.1) is 5.82 Å². The molecule has 1 aromatic carbocycles. The molecule has 1 N–H and O–H groups in total. The van der Waals surface area contributed by atoms with E-state index in [-0.39, 0.29) is 23.3 Å². The first-order valence-corrected chi connectivity index (χ1v) is 8.38. The molecule has 0 unspecified atom stereocenters. The maximum absolute atomic E-state index is 13.6. The van der Waals surface area contributed by atoms with E-state index in [9.17, 15) is 9.18 Å². The number of aromatic nitrogens is 2. The zero-order chi connectivity index (χ0) is 17.9. The summed E-state index contributed by atoms with van der Waals surface area (Å²) in [6, 6.07) is 9.26. The highest BCUT2D eigenvalue weighted by Gasteiger charge is 2.24. The van der Waals surface area contributed by atoms with Crippen molar-refractivity contribution >= 4 is 11.6 Å². The normalized spacial score (nSPS) is 13.1. The summed E-state index contributed by atoms with van der Waals surface area (Å²) in [5.74, 6) is -0.256. The van der Waals surface area contributed by atoms with Crippen molar-refractivity contribution in [2.45, 2.75) is 25.7 Å². The van der Waals surface area contributed by atoms with Crippen LogP contribution in [0.15, 0.2) is 47.1 Å². The lowest BCUT2D eigenvalue weighted by molar-refractivity contribution is 0.0986. The third-order valence-electron chi connectivity index (χ3n) is 4.21. The zero-order valence-electron chi connectivity index (χ0n) is 13.9. The van der Waals surface area contributed by atoms with E-state index in [2.05, 4.69) is 15.5 Å². The molecule has 0 fully saturated rings. The number of ether oxygens (including phenoxy) is 1. The van der Waals surface area contributed by atoms with Gasteiger partial charge in [0.2, 0.25) is 11.6 Å². The van der Waals surface area contributed by atoms with Gasteiger partial charge in [-0.25, -0.2) is 9.37 Å². The number of nitrogens with one attached hydrogen (secondary N) is 1. The number of anilines is 1. The van der Waals surface area contributed by atoms with Gasteiger partial charge in [0.1, 0.15) is 0 Å². The number of fused-ring (bicyclic) bond motifs is 1. The van der Waals surface area contributed by atoms with Gasteiger partial charge in [-0.15, -0.1) is 0 Å². The first kappa shape index (κ1) is 16.3. The molecule has 132 valence electrons. The molecule has 26 heavy (non-hydrogen) atoms. The molecular formula is C19H16FN3O3. The summed E-state index contributed by atoms with van der Waals surface area (Å²) in [6.07, 6.45) is 5.17. The third-order valence-corrected chi connectivity index (χ3v) is 4.21. The number of carbonyl (C=O) groups excluding carboxylic acids is 1. The SMILES string of the molecule is O=C(Nc1ccc(Oc2ccccc2F)nc1)c1onc2c1CCCC2. The number of hydrogen-bond donors (Lipinski definition) is 1. The maximum atomic E-state index is 13.6. The van der Waals surface area contributed by atoms with Gasteiger partial charge in [-0.1, -0.05) is 17.3 Å². The Morgan fingerprint density at radius 1 is 1.15 bits per heavy atom. The molecule has 0 spiro atoms. The van der Waals surface area contributed by atoms with Crippen molar-refractivity contribution < 1.29 is 18.4 Å². The Bertz CT molecular complexity index is 937. The average molecular weight is 353 g/mol. The summed E-state index contributed by atoms with van der Waals surface area (Å²) in [5.41, 5.74) is 2.24. The lowest BCUT2D eigenvalue weighted by atomic mass is 9.96. The Morgan fingerprint density at radius 2 is 2.00 bits per heavy atom. The smallest absolute Gasteiger partial charge is 0.294 e. The van der Waals surface area contributed by atoms with E-state index in [1.54, 1.807) is 24.3 Å². The molecule has 3 aromatic rings. The molecule has 7 heteroatoms. The van der Waals surface area contributed by atoms with Gasteiger partial charge in [0.15, 0.2) is 11.6 Å². The predicted molar refractivity (Wildman–Crippen MR) is 91.8 cm³/mol. The van der Waals surface area contributed by atoms with E-state index in [1.807, 2.05) is 0 Å². The Hall–Kier alpha value is -3.22. The Balaban J connectivity index is 1.45. The number of nitrogens with zero attached hydrogens (tertiary/aromatic N) is 2. The summed E-state index contributed by atoms with van der Waals surface area (Å²) in [7, 11) is 0. The first-order valence-electron chi connectivity index (χ1n) is 8.38. The lowest BCUT2D eigenvalue weighted by Crippen LogP contribution is -2.14. The van der Waals surface area contributed by atoms with Crippen molar-refractivity contribution in [3.63, 3.8) is 0 Å². The van der Waals surface area contributed by atoms with Crippen LogP contribution in [0.3, 0.4) is 0 Å². The number of carbonyl (C=O) groups is 1. The number of pyridine rings is 1. The van der Waals surface area contributed by atoms with Crippen LogP contribution in [0.5, 0.6) is 11.6 Å². The number of aryl methyl sites for hydroxylation is 1. The highest BCUT2D eigenvalue weighted by molar-refractivity contribution is 6.03. The Morgan fingerprint density at radius 3 is 2.81 bits per heavy atom. The van der Waals surface area contributed by atoms with Crippen LogP contribution in [0.2, 0.25) is 0 Å². The number of para-hydroxylation sites is 1. The topological polar surface area (TPSA) is 77.2 Å². The molecule has 0 atom stereocenters. The molecule has 0 saturated carbocycles. The van der Waals surface area contributed by atoms with Gasteiger partial charge in [0, 0.05) is 11.6 Å². The van der Waals surface area contributed by atoms with Crippen molar-refractivity contribution in [1.29, 1.82) is 0 Å². The van der Waals surface area contributed by atoms with Crippen LogP contribution >= 0.6 is 0 Å². The van der Waals surface area contributed by atoms with Crippen molar-refractivity contribution in [3.05, 3.63) is 65.4 Å². The molecule has 0 bridgehead atoms. The van der Waals surface area contributed by atoms with Crippen LogP contribution in [-0.2, 0) is 12.8 Å². The summed E-state index contributed by atoms with van der Waals surface area (Å²) in [6.45, 7) is 0. The summed E-state index contributed by atoms with van der Waals surface area (Å²) < 4.78 is 24.2. The van der Waals surface area contributed by atoms with Gasteiger partial charge in [0.05, 0.1) is 17.6 Å². The van der Waals surface area contributed by atoms with E-state index in [4.69, 9.17) is 9.26 Å². The fraction of sp³-hybridized carbons (Fsp3) is 0.211. The van der Waals surface area contributed by atoms with Crippen molar-refractivity contribution in [1.82, 2.24) is 10.1 Å². The van der Waals surface area contributed by atoms with Gasteiger partial charge in [0.25, 0.3) is 5.91 Å². The minimum atomic E-state index is -0.471. The van der Waals surface area contributed by atoms with E-state index in [1.165, 1.54) is 18.3 Å². The van der Waals surface area contributed by atoms with Gasteiger partial charge in [-0.2, -0.15) is 0 Å². The van der Waals surface area contributed by atoms with E-state index < -0.39 is 5.82 Å². The number of benzene rings is 1. The molecule has 4 rings (SSSR count). The van der Waals surface area contributed by atoms with Crippen molar-refractivity contribution in [2.75, 3.05) is 5.32 Å². The summed E-state index contributed by atoms with van der Waals surface area (Å²) in [4.78, 5) is 16.5. The molecule has 1 aliphatic carbocycles. The largest absolute Gasteiger partial charge is 0.436 e. The van der Waals surface area contributed by atoms with Gasteiger partial charge < -0.3 is 14.6 Å². The molecule has 1 aliphatic rings. The summed E-state index contributed by atoms with van der Waals surface area (Å²) in [5, 5.41) is 6.71. The lowest BCUT2D eigenvalue weighted by Gasteiger charge is -2.09. The van der Waals surface area contributed by atoms with Crippen LogP contribution < -0.4 is 10.1 Å². The highest BCUT2D eigenvalue weighted by Crippen LogP contribution is 2.26. The second kappa shape index (κ2) is 6.95. The van der Waals surface area contributed by atoms with E-state index in [0.717, 1.165) is 36.9 Å². The second-order valence-electron chi connectivity index (χ2n) is 6.02. The minimum Gasteiger partial charge on any atom is -0.436 e. The number of rotatable bonds is 4. The van der Waals surface area contributed by atoms with Gasteiger partial charge in [-0.05, 0) is 43.9 Å². The second-order valence-corrected chi connectivity index (χ2v) is 6.02. The standard InChI is InChI=1S/C19H16FN3O3/c20-14-6-2-4-8-16(14)25-17-10-9-12(11-21-17)22-19(24)18-13-5-1-3-7-15(13)23-26-18/h2,4,6,8-11H,1,3,5,7H2,(H,22,24). The van der Waals surface area contributed by atoms with Gasteiger partial charge in [-0.3, -0.25) is 4.79 Å². The van der Waals surface area contributed by atoms with Crippen molar-refractivity contribution in [3.8, 4) is 11.6 Å². The monoisotopic (exact) mass is 353 g/mol. The van der Waals surface area contributed by atoms with Crippen molar-refractivity contribution in [2.24, 2.45) is 0 Å². The van der Waals surface area contributed by atoms with Crippen LogP contribution in [-0.4, -0.2) is 16.0 Å². The number of amides is 1. The van der Waals surface area contributed by atoms with E-state index in [0.29, 0.717) is 5.69 Å². The predicted octanol–water partition coefficient (Wildman–Crippen LogP) is 4.13. The maximum Gasteiger partial charge on any atom is 0.294 e. The molecule has 2 heterocycles. The molecular weight excluding hydrogens is 337 g/mol. The van der Waals surface area contributed by atoms with Gasteiger partial charge >= 0.3 is 0 Å². The zero-order valence-corrected chi connectivity index (χ0v) is 13.9. The molecule has 0 aliphatic heterocycles. The Labute approximate surface area is 149 Å². The third kappa shape index (κ3) is 3.28. The minimum absolute atomic E-state index is 0.0880. The average Bonchev–Trinajstić information content (AvgIpc) is 3.09. The summed E-state index contributed by atoms with van der Waals surface area (Å²) >= 11 is 0. The molecule has 2 aromatic heterocycles.